The van der Waals surface area contributed by atoms with Gasteiger partial charge in [0.1, 0.15) is 5.82 Å². The summed E-state index contributed by atoms with van der Waals surface area (Å²) in [4.78, 5) is 19.2. The number of aryl methyl sites for hydroxylation is 1. The Morgan fingerprint density at radius 1 is 1.29 bits per heavy atom. The summed E-state index contributed by atoms with van der Waals surface area (Å²) in [5.41, 5.74) is 1.77. The second kappa shape index (κ2) is 5.44. The molecule has 1 aromatic heterocycles. The van der Waals surface area contributed by atoms with Gasteiger partial charge in [-0.2, -0.15) is 0 Å². The zero-order valence-electron chi connectivity index (χ0n) is 9.53. The van der Waals surface area contributed by atoms with E-state index in [4.69, 9.17) is 0 Å². The summed E-state index contributed by atoms with van der Waals surface area (Å²) in [6.07, 6.45) is 1.82. The van der Waals surface area contributed by atoms with Crippen LogP contribution in [-0.4, -0.2) is 9.97 Å². The molecule has 0 saturated heterocycles. The van der Waals surface area contributed by atoms with E-state index >= 15 is 0 Å². The maximum atomic E-state index is 11.8. The lowest BCUT2D eigenvalue weighted by molar-refractivity contribution is 0.860. The summed E-state index contributed by atoms with van der Waals surface area (Å²) >= 11 is 2.06. The average molecular weight is 340 g/mol. The molecule has 0 aliphatic rings. The molecule has 0 aliphatic carbocycles. The minimum atomic E-state index is -0.0529. The number of benzene rings is 1. The van der Waals surface area contributed by atoms with Crippen molar-refractivity contribution in [3.63, 3.8) is 0 Å². The van der Waals surface area contributed by atoms with Crippen LogP contribution in [0.5, 0.6) is 0 Å². The molecule has 4 heteroatoms. The van der Waals surface area contributed by atoms with Crippen molar-refractivity contribution in [1.82, 2.24) is 9.97 Å². The number of nitrogens with zero attached hydrogens (tertiary/aromatic N) is 1. The highest BCUT2D eigenvalue weighted by molar-refractivity contribution is 14.1. The zero-order chi connectivity index (χ0) is 12.3. The Kier molecular flexibility index (Phi) is 3.93. The van der Waals surface area contributed by atoms with Gasteiger partial charge < -0.3 is 4.98 Å². The van der Waals surface area contributed by atoms with Crippen molar-refractivity contribution in [2.75, 3.05) is 0 Å². The van der Waals surface area contributed by atoms with E-state index in [0.717, 1.165) is 24.1 Å². The monoisotopic (exact) mass is 340 g/mol. The third kappa shape index (κ3) is 2.74. The quantitative estimate of drug-likeness (QED) is 0.873. The number of rotatable bonds is 3. The van der Waals surface area contributed by atoms with Crippen LogP contribution in [0.3, 0.4) is 0 Å². The normalized spacial score (nSPS) is 10.5. The van der Waals surface area contributed by atoms with Gasteiger partial charge in [-0.1, -0.05) is 43.7 Å². The van der Waals surface area contributed by atoms with E-state index in [0.29, 0.717) is 9.39 Å². The third-order valence-electron chi connectivity index (χ3n) is 2.47. The van der Waals surface area contributed by atoms with E-state index in [1.165, 1.54) is 0 Å². The Morgan fingerprint density at radius 2 is 2.00 bits per heavy atom. The fraction of sp³-hybridized carbons (Fsp3) is 0.231. The van der Waals surface area contributed by atoms with Crippen LogP contribution in [0.25, 0.3) is 11.4 Å². The molecule has 0 saturated carbocycles. The molecule has 2 rings (SSSR count). The van der Waals surface area contributed by atoms with Gasteiger partial charge in [0.25, 0.3) is 5.56 Å². The molecule has 1 aromatic carbocycles. The Bertz CT molecular complexity index is 563. The minimum Gasteiger partial charge on any atom is -0.306 e. The van der Waals surface area contributed by atoms with Gasteiger partial charge in [0.05, 0.1) is 9.26 Å². The average Bonchev–Trinajstić information content (AvgIpc) is 2.36. The first-order chi connectivity index (χ1) is 8.22. The van der Waals surface area contributed by atoms with E-state index in [9.17, 15) is 4.79 Å². The van der Waals surface area contributed by atoms with Crippen LogP contribution in [0, 0.1) is 3.57 Å². The van der Waals surface area contributed by atoms with Crippen molar-refractivity contribution in [2.45, 2.75) is 19.8 Å². The smallest absolute Gasteiger partial charge is 0.264 e. The molecule has 1 N–H and O–H groups in total. The SMILES string of the molecule is CCCc1nc(-c2ccccc2)[nH]c(=O)c1I. The van der Waals surface area contributed by atoms with E-state index in [2.05, 4.69) is 39.5 Å². The van der Waals surface area contributed by atoms with Crippen LogP contribution < -0.4 is 5.56 Å². The number of halogens is 1. The van der Waals surface area contributed by atoms with E-state index in [1.807, 2.05) is 30.3 Å². The first kappa shape index (κ1) is 12.3. The Balaban J connectivity index is 2.53. The second-order valence-electron chi connectivity index (χ2n) is 3.79. The van der Waals surface area contributed by atoms with Crippen LogP contribution in [0.15, 0.2) is 35.1 Å². The zero-order valence-corrected chi connectivity index (χ0v) is 11.7. The standard InChI is InChI=1S/C13H13IN2O/c1-2-6-10-11(14)13(17)16-12(15-10)9-7-4-3-5-8-9/h3-5,7-8H,2,6H2,1H3,(H,15,16,17). The van der Waals surface area contributed by atoms with E-state index in [-0.39, 0.29) is 5.56 Å². The van der Waals surface area contributed by atoms with Gasteiger partial charge >= 0.3 is 0 Å². The molecular formula is C13H13IN2O. The number of aromatic nitrogens is 2. The molecule has 0 aliphatic heterocycles. The lowest BCUT2D eigenvalue weighted by atomic mass is 10.2. The van der Waals surface area contributed by atoms with Crippen molar-refractivity contribution in [1.29, 1.82) is 0 Å². The topological polar surface area (TPSA) is 45.8 Å². The van der Waals surface area contributed by atoms with Gasteiger partial charge in [0.15, 0.2) is 0 Å². The van der Waals surface area contributed by atoms with Crippen LogP contribution in [-0.2, 0) is 6.42 Å². The number of nitrogens with one attached hydrogen (secondary N) is 1. The Hall–Kier alpha value is -1.17. The van der Waals surface area contributed by atoms with Crippen molar-refractivity contribution in [3.8, 4) is 11.4 Å². The van der Waals surface area contributed by atoms with Crippen LogP contribution in [0.2, 0.25) is 0 Å². The molecule has 1 heterocycles. The van der Waals surface area contributed by atoms with E-state index in [1.54, 1.807) is 0 Å². The van der Waals surface area contributed by atoms with Crippen LogP contribution in [0.1, 0.15) is 19.0 Å². The number of hydrogen-bond acceptors (Lipinski definition) is 2. The van der Waals surface area contributed by atoms with Crippen molar-refractivity contribution in [3.05, 3.63) is 49.9 Å². The number of hydrogen-bond donors (Lipinski definition) is 1. The molecule has 0 bridgehead atoms. The highest BCUT2D eigenvalue weighted by Gasteiger charge is 2.09. The predicted octanol–water partition coefficient (Wildman–Crippen LogP) is 2.99. The van der Waals surface area contributed by atoms with Crippen molar-refractivity contribution < 1.29 is 0 Å². The lowest BCUT2D eigenvalue weighted by Crippen LogP contribution is -2.16. The molecule has 17 heavy (non-hydrogen) atoms. The van der Waals surface area contributed by atoms with E-state index < -0.39 is 0 Å². The van der Waals surface area contributed by atoms with Gasteiger partial charge in [-0.05, 0) is 29.0 Å². The molecule has 0 spiro atoms. The molecule has 88 valence electrons. The summed E-state index contributed by atoms with van der Waals surface area (Å²) < 4.78 is 0.698. The highest BCUT2D eigenvalue weighted by atomic mass is 127. The van der Waals surface area contributed by atoms with Gasteiger partial charge in [-0.15, -0.1) is 0 Å². The van der Waals surface area contributed by atoms with Crippen molar-refractivity contribution in [2.24, 2.45) is 0 Å². The fourth-order valence-electron chi connectivity index (χ4n) is 1.64. The van der Waals surface area contributed by atoms with Gasteiger partial charge in [-0.25, -0.2) is 4.98 Å². The Morgan fingerprint density at radius 3 is 2.65 bits per heavy atom. The third-order valence-corrected chi connectivity index (χ3v) is 3.58. The van der Waals surface area contributed by atoms with Gasteiger partial charge in [0.2, 0.25) is 0 Å². The molecule has 0 atom stereocenters. The maximum absolute atomic E-state index is 11.8. The largest absolute Gasteiger partial charge is 0.306 e. The predicted molar refractivity (Wildman–Crippen MR) is 77.0 cm³/mol. The minimum absolute atomic E-state index is 0.0529. The summed E-state index contributed by atoms with van der Waals surface area (Å²) in [7, 11) is 0. The fourth-order valence-corrected chi connectivity index (χ4v) is 2.17. The maximum Gasteiger partial charge on any atom is 0.264 e. The van der Waals surface area contributed by atoms with Gasteiger partial charge in [0, 0.05) is 5.56 Å². The number of H-pyrrole nitrogens is 1. The summed E-state index contributed by atoms with van der Waals surface area (Å²) in [5.74, 6) is 0.652. The molecule has 0 unspecified atom stereocenters. The summed E-state index contributed by atoms with van der Waals surface area (Å²) in [6.45, 7) is 2.08. The van der Waals surface area contributed by atoms with Gasteiger partial charge in [-0.3, -0.25) is 4.79 Å². The molecule has 2 aromatic rings. The van der Waals surface area contributed by atoms with Crippen molar-refractivity contribution >= 4 is 22.6 Å². The van der Waals surface area contributed by atoms with Crippen LogP contribution in [0.4, 0.5) is 0 Å². The second-order valence-corrected chi connectivity index (χ2v) is 4.87. The first-order valence-electron chi connectivity index (χ1n) is 5.56. The molecular weight excluding hydrogens is 327 g/mol. The lowest BCUT2D eigenvalue weighted by Gasteiger charge is -2.05. The Labute approximate surface area is 113 Å². The molecule has 0 radical (unpaired) electrons. The molecule has 3 nitrogen and oxygen atoms in total. The van der Waals surface area contributed by atoms with Crippen LogP contribution >= 0.6 is 22.6 Å². The first-order valence-corrected chi connectivity index (χ1v) is 6.64. The molecule has 0 fully saturated rings. The molecule has 0 amide bonds. The number of aromatic amines is 1. The summed E-state index contributed by atoms with van der Waals surface area (Å²) in [6, 6.07) is 9.71. The highest BCUT2D eigenvalue weighted by Crippen LogP contribution is 2.15. The summed E-state index contributed by atoms with van der Waals surface area (Å²) in [5, 5.41) is 0.